The predicted molar refractivity (Wildman–Crippen MR) is 81.6 cm³/mol. The largest absolute Gasteiger partial charge is 0.273 e. The third-order valence-corrected chi connectivity index (χ3v) is 3.59. The number of hydrazone groups is 1. The van der Waals surface area contributed by atoms with Crippen LogP contribution in [0.15, 0.2) is 41.5 Å². The van der Waals surface area contributed by atoms with E-state index in [0.29, 0.717) is 5.56 Å². The predicted octanol–water partition coefficient (Wildman–Crippen LogP) is 2.66. The van der Waals surface area contributed by atoms with Crippen molar-refractivity contribution in [3.63, 3.8) is 0 Å². The molecule has 1 aromatic carbocycles. The van der Waals surface area contributed by atoms with Gasteiger partial charge in [0, 0.05) is 21.9 Å². The smallest absolute Gasteiger partial charge is 0.269 e. The fourth-order valence-electron chi connectivity index (χ4n) is 1.65. The highest BCUT2D eigenvalue weighted by molar-refractivity contribution is 7.13. The monoisotopic (exact) mass is 303 g/mol. The standard InChI is InChI=1S/C14H13N3O3S/c1-10-2-7-13(21-10)9-15-16-14(18)8-11-3-5-12(6-4-11)17(19)20/h2-7,9H,8H2,1H3,(H,16,18). The highest BCUT2D eigenvalue weighted by Crippen LogP contribution is 2.13. The summed E-state index contributed by atoms with van der Waals surface area (Å²) in [7, 11) is 0. The SMILES string of the molecule is Cc1ccc(C=NNC(=O)Cc2ccc([N+](=O)[O-])cc2)s1. The van der Waals surface area contributed by atoms with Gasteiger partial charge in [0.25, 0.3) is 5.69 Å². The lowest BCUT2D eigenvalue weighted by atomic mass is 10.1. The van der Waals surface area contributed by atoms with E-state index in [1.54, 1.807) is 29.7 Å². The van der Waals surface area contributed by atoms with Crippen molar-refractivity contribution in [2.24, 2.45) is 5.10 Å². The van der Waals surface area contributed by atoms with Crippen LogP contribution in [0.5, 0.6) is 0 Å². The van der Waals surface area contributed by atoms with E-state index in [0.717, 1.165) is 4.88 Å². The van der Waals surface area contributed by atoms with Crippen LogP contribution in [0.3, 0.4) is 0 Å². The van der Waals surface area contributed by atoms with Crippen molar-refractivity contribution in [3.05, 3.63) is 61.8 Å². The van der Waals surface area contributed by atoms with E-state index in [4.69, 9.17) is 0 Å². The summed E-state index contributed by atoms with van der Waals surface area (Å²) >= 11 is 1.58. The first-order valence-corrected chi connectivity index (χ1v) is 6.98. The first kappa shape index (κ1) is 14.9. The normalized spacial score (nSPS) is 10.7. The number of hydrogen-bond donors (Lipinski definition) is 1. The average molecular weight is 303 g/mol. The molecule has 0 saturated carbocycles. The Bertz CT molecular complexity index is 677. The van der Waals surface area contributed by atoms with Gasteiger partial charge >= 0.3 is 0 Å². The number of carbonyl (C=O) groups is 1. The molecule has 1 amide bonds. The molecular formula is C14H13N3O3S. The Kier molecular flexibility index (Phi) is 4.78. The maximum absolute atomic E-state index is 11.7. The Labute approximate surface area is 125 Å². The molecule has 0 aliphatic rings. The summed E-state index contributed by atoms with van der Waals surface area (Å²) in [4.78, 5) is 23.9. The maximum atomic E-state index is 11.7. The molecule has 1 aromatic heterocycles. The molecule has 0 saturated heterocycles. The number of hydrogen-bond acceptors (Lipinski definition) is 5. The number of nitrogens with one attached hydrogen (secondary N) is 1. The van der Waals surface area contributed by atoms with Gasteiger partial charge in [0.15, 0.2) is 0 Å². The van der Waals surface area contributed by atoms with Crippen LogP contribution in [-0.2, 0) is 11.2 Å². The van der Waals surface area contributed by atoms with Crippen molar-refractivity contribution in [3.8, 4) is 0 Å². The van der Waals surface area contributed by atoms with Crippen LogP contribution in [0.4, 0.5) is 5.69 Å². The number of carbonyl (C=O) groups excluding carboxylic acids is 1. The number of rotatable bonds is 5. The number of nitro benzene ring substituents is 1. The van der Waals surface area contributed by atoms with Crippen molar-refractivity contribution < 1.29 is 9.72 Å². The van der Waals surface area contributed by atoms with Crippen LogP contribution in [0.25, 0.3) is 0 Å². The molecule has 0 bridgehead atoms. The summed E-state index contributed by atoms with van der Waals surface area (Å²) in [6.07, 6.45) is 1.71. The van der Waals surface area contributed by atoms with Gasteiger partial charge in [0.05, 0.1) is 17.6 Å². The van der Waals surface area contributed by atoms with Gasteiger partial charge in [-0.1, -0.05) is 12.1 Å². The van der Waals surface area contributed by atoms with Gasteiger partial charge in [-0.3, -0.25) is 14.9 Å². The molecule has 0 spiro atoms. The minimum absolute atomic E-state index is 0.00486. The second kappa shape index (κ2) is 6.76. The van der Waals surface area contributed by atoms with Crippen LogP contribution in [0, 0.1) is 17.0 Å². The molecule has 0 radical (unpaired) electrons. The van der Waals surface area contributed by atoms with Gasteiger partial charge < -0.3 is 0 Å². The molecule has 6 nitrogen and oxygen atoms in total. The molecular weight excluding hydrogens is 290 g/mol. The number of non-ortho nitro benzene ring substituents is 1. The van der Waals surface area contributed by atoms with E-state index in [1.165, 1.54) is 17.0 Å². The lowest BCUT2D eigenvalue weighted by molar-refractivity contribution is -0.384. The van der Waals surface area contributed by atoms with E-state index < -0.39 is 4.92 Å². The molecule has 0 fully saturated rings. The van der Waals surface area contributed by atoms with Crippen molar-refractivity contribution in [1.29, 1.82) is 0 Å². The van der Waals surface area contributed by atoms with Crippen molar-refractivity contribution in [2.75, 3.05) is 0 Å². The van der Waals surface area contributed by atoms with Gasteiger partial charge in [-0.15, -0.1) is 11.3 Å². The van der Waals surface area contributed by atoms with E-state index >= 15 is 0 Å². The Balaban J connectivity index is 1.86. The quantitative estimate of drug-likeness (QED) is 0.523. The van der Waals surface area contributed by atoms with Crippen LogP contribution < -0.4 is 5.43 Å². The zero-order valence-electron chi connectivity index (χ0n) is 11.3. The molecule has 7 heteroatoms. The second-order valence-corrected chi connectivity index (χ2v) is 5.66. The van der Waals surface area contributed by atoms with Crippen LogP contribution in [0.1, 0.15) is 15.3 Å². The number of aryl methyl sites for hydroxylation is 1. The molecule has 21 heavy (non-hydrogen) atoms. The second-order valence-electron chi connectivity index (χ2n) is 4.34. The maximum Gasteiger partial charge on any atom is 0.269 e. The summed E-state index contributed by atoms with van der Waals surface area (Å²) in [5.74, 6) is -0.270. The first-order chi connectivity index (χ1) is 10.0. The van der Waals surface area contributed by atoms with E-state index in [9.17, 15) is 14.9 Å². The minimum Gasteiger partial charge on any atom is -0.273 e. The highest BCUT2D eigenvalue weighted by atomic mass is 32.1. The average Bonchev–Trinajstić information content (AvgIpc) is 2.85. The van der Waals surface area contributed by atoms with Gasteiger partial charge in [0.2, 0.25) is 5.91 Å². The van der Waals surface area contributed by atoms with Crippen molar-refractivity contribution in [2.45, 2.75) is 13.3 Å². The van der Waals surface area contributed by atoms with Crippen molar-refractivity contribution >= 4 is 29.1 Å². The summed E-state index contributed by atoms with van der Waals surface area (Å²) in [5.41, 5.74) is 3.13. The Morgan fingerprint density at radius 3 is 2.62 bits per heavy atom. The molecule has 2 rings (SSSR count). The lowest BCUT2D eigenvalue weighted by Crippen LogP contribution is -2.19. The zero-order chi connectivity index (χ0) is 15.2. The zero-order valence-corrected chi connectivity index (χ0v) is 12.1. The number of benzene rings is 1. The summed E-state index contributed by atoms with van der Waals surface area (Å²) in [6, 6.07) is 9.77. The Morgan fingerprint density at radius 1 is 1.33 bits per heavy atom. The van der Waals surface area contributed by atoms with Crippen LogP contribution in [-0.4, -0.2) is 17.0 Å². The highest BCUT2D eigenvalue weighted by Gasteiger charge is 2.06. The topological polar surface area (TPSA) is 84.6 Å². The summed E-state index contributed by atoms with van der Waals surface area (Å²) in [5, 5.41) is 14.4. The van der Waals surface area contributed by atoms with Crippen LogP contribution in [0.2, 0.25) is 0 Å². The van der Waals surface area contributed by atoms with Gasteiger partial charge in [-0.2, -0.15) is 5.10 Å². The Hall–Kier alpha value is -2.54. The molecule has 108 valence electrons. The van der Waals surface area contributed by atoms with Crippen molar-refractivity contribution in [1.82, 2.24) is 5.43 Å². The first-order valence-electron chi connectivity index (χ1n) is 6.16. The third kappa shape index (κ3) is 4.50. The third-order valence-electron chi connectivity index (χ3n) is 2.65. The van der Waals surface area contributed by atoms with Crippen LogP contribution >= 0.6 is 11.3 Å². The van der Waals surface area contributed by atoms with Gasteiger partial charge in [0.1, 0.15) is 0 Å². The van der Waals surface area contributed by atoms with E-state index in [2.05, 4.69) is 10.5 Å². The lowest BCUT2D eigenvalue weighted by Gasteiger charge is -2.00. The molecule has 0 unspecified atom stereocenters. The number of amides is 1. The Morgan fingerprint density at radius 2 is 2.05 bits per heavy atom. The molecule has 0 aliphatic carbocycles. The molecule has 1 N–H and O–H groups in total. The van der Waals surface area contributed by atoms with E-state index in [1.807, 2.05) is 19.1 Å². The molecule has 1 heterocycles. The molecule has 0 aliphatic heterocycles. The number of nitrogens with zero attached hydrogens (tertiary/aromatic N) is 2. The number of thiophene rings is 1. The molecule has 0 atom stereocenters. The summed E-state index contributed by atoms with van der Waals surface area (Å²) < 4.78 is 0. The number of nitro groups is 1. The minimum atomic E-state index is -0.475. The van der Waals surface area contributed by atoms with E-state index in [-0.39, 0.29) is 18.0 Å². The fraction of sp³-hybridized carbons (Fsp3) is 0.143. The summed E-state index contributed by atoms with van der Waals surface area (Å²) in [6.45, 7) is 2.00. The molecule has 2 aromatic rings. The van der Waals surface area contributed by atoms with Gasteiger partial charge in [-0.25, -0.2) is 5.43 Å². The fourth-order valence-corrected chi connectivity index (χ4v) is 2.40. The van der Waals surface area contributed by atoms with Gasteiger partial charge in [-0.05, 0) is 24.6 Å².